The van der Waals surface area contributed by atoms with Gasteiger partial charge in [0.15, 0.2) is 0 Å². The molecule has 0 saturated heterocycles. The molecule has 0 bridgehead atoms. The van der Waals surface area contributed by atoms with Gasteiger partial charge in [0.1, 0.15) is 12.4 Å². The molecule has 29 heavy (non-hydrogen) atoms. The minimum atomic E-state index is -0.0391. The van der Waals surface area contributed by atoms with Crippen LogP contribution in [0.5, 0.6) is 5.75 Å². The number of pyridine rings is 2. The fourth-order valence-electron chi connectivity index (χ4n) is 4.49. The summed E-state index contributed by atoms with van der Waals surface area (Å²) in [5.74, 6) is 0.799. The van der Waals surface area contributed by atoms with E-state index < -0.39 is 0 Å². The van der Waals surface area contributed by atoms with Gasteiger partial charge in [-0.3, -0.25) is 4.79 Å². The molecule has 4 heterocycles. The van der Waals surface area contributed by atoms with Crippen LogP contribution in [-0.4, -0.2) is 28.4 Å². The number of hydrogen-bond donors (Lipinski definition) is 1. The average Bonchev–Trinajstić information content (AvgIpc) is 3.11. The van der Waals surface area contributed by atoms with Crippen LogP contribution >= 0.6 is 0 Å². The standard InChI is InChI=1S/C23H22N2O4/c1-3-15-17-8-14(28-2)4-5-20(17)24-22-18(15)10-25-21(22)9-16-13(6-7-26)11-29-12-19(16)23(25)27/h4-5,8-9,11,26H,3,6-7,10,12H2,1-2H3. The van der Waals surface area contributed by atoms with Crippen molar-refractivity contribution in [1.29, 1.82) is 0 Å². The Morgan fingerprint density at radius 3 is 2.90 bits per heavy atom. The highest BCUT2D eigenvalue weighted by molar-refractivity contribution is 5.89. The van der Waals surface area contributed by atoms with Gasteiger partial charge in [0.2, 0.25) is 0 Å². The highest BCUT2D eigenvalue weighted by atomic mass is 16.5. The first kappa shape index (κ1) is 17.9. The minimum Gasteiger partial charge on any atom is -0.497 e. The molecule has 0 aliphatic carbocycles. The Labute approximate surface area is 168 Å². The lowest BCUT2D eigenvalue weighted by molar-refractivity contribution is 0.227. The molecular formula is C23H22N2O4. The fourth-order valence-corrected chi connectivity index (χ4v) is 4.49. The van der Waals surface area contributed by atoms with Gasteiger partial charge in [-0.05, 0) is 53.8 Å². The van der Waals surface area contributed by atoms with Gasteiger partial charge in [0, 0.05) is 17.6 Å². The van der Waals surface area contributed by atoms with E-state index >= 15 is 0 Å². The van der Waals surface area contributed by atoms with Crippen LogP contribution in [0.3, 0.4) is 0 Å². The first-order valence-corrected chi connectivity index (χ1v) is 9.84. The normalized spacial score (nSPS) is 14.1. The van der Waals surface area contributed by atoms with Crippen molar-refractivity contribution in [3.63, 3.8) is 0 Å². The van der Waals surface area contributed by atoms with Gasteiger partial charge in [-0.25, -0.2) is 4.98 Å². The largest absolute Gasteiger partial charge is 0.497 e. The highest BCUT2D eigenvalue weighted by Crippen LogP contribution is 2.38. The molecule has 0 amide bonds. The maximum atomic E-state index is 13.3. The van der Waals surface area contributed by atoms with Crippen molar-refractivity contribution in [2.75, 3.05) is 13.7 Å². The predicted octanol–water partition coefficient (Wildman–Crippen LogP) is 3.25. The third kappa shape index (κ3) is 2.59. The summed E-state index contributed by atoms with van der Waals surface area (Å²) in [6, 6.07) is 7.94. The van der Waals surface area contributed by atoms with E-state index in [0.29, 0.717) is 18.5 Å². The summed E-state index contributed by atoms with van der Waals surface area (Å²) in [6.45, 7) is 2.90. The van der Waals surface area contributed by atoms with E-state index in [1.807, 2.05) is 24.3 Å². The molecule has 0 saturated carbocycles. The Kier molecular flexibility index (Phi) is 4.17. The van der Waals surface area contributed by atoms with E-state index in [9.17, 15) is 9.90 Å². The van der Waals surface area contributed by atoms with E-state index in [1.165, 1.54) is 5.56 Å². The molecule has 1 aromatic carbocycles. The number of aliphatic hydroxyl groups excluding tert-OH is 1. The van der Waals surface area contributed by atoms with E-state index in [2.05, 4.69) is 6.92 Å². The Bertz CT molecular complexity index is 1240. The molecule has 3 aromatic rings. The van der Waals surface area contributed by atoms with Gasteiger partial charge in [0.05, 0.1) is 42.4 Å². The lowest BCUT2D eigenvalue weighted by Gasteiger charge is -2.19. The van der Waals surface area contributed by atoms with Crippen molar-refractivity contribution in [3.8, 4) is 17.1 Å². The molecule has 6 nitrogen and oxygen atoms in total. The fraction of sp³-hybridized carbons (Fsp3) is 0.304. The summed E-state index contributed by atoms with van der Waals surface area (Å²) >= 11 is 0. The molecule has 2 aromatic heterocycles. The Hall–Kier alpha value is -3.12. The molecule has 0 unspecified atom stereocenters. The van der Waals surface area contributed by atoms with Crippen LogP contribution in [0.4, 0.5) is 0 Å². The third-order valence-electron chi connectivity index (χ3n) is 5.90. The molecular weight excluding hydrogens is 368 g/mol. The predicted molar refractivity (Wildman–Crippen MR) is 111 cm³/mol. The maximum absolute atomic E-state index is 13.3. The topological polar surface area (TPSA) is 73.6 Å². The number of hydrogen-bond acceptors (Lipinski definition) is 5. The Balaban J connectivity index is 1.77. The second-order valence-electron chi connectivity index (χ2n) is 7.39. The molecule has 0 fully saturated rings. The lowest BCUT2D eigenvalue weighted by atomic mass is 9.96. The number of ether oxygens (including phenoxy) is 2. The van der Waals surface area contributed by atoms with Crippen LogP contribution in [-0.2, 0) is 24.3 Å². The highest BCUT2D eigenvalue weighted by Gasteiger charge is 2.29. The number of rotatable bonds is 4. The molecule has 1 N–H and O–H groups in total. The summed E-state index contributed by atoms with van der Waals surface area (Å²) in [7, 11) is 1.66. The zero-order chi connectivity index (χ0) is 20.1. The second kappa shape index (κ2) is 6.74. The van der Waals surface area contributed by atoms with Crippen molar-refractivity contribution in [3.05, 3.63) is 63.1 Å². The Morgan fingerprint density at radius 1 is 1.28 bits per heavy atom. The zero-order valence-corrected chi connectivity index (χ0v) is 16.5. The number of methoxy groups -OCH3 is 1. The maximum Gasteiger partial charge on any atom is 0.258 e. The van der Waals surface area contributed by atoms with Crippen LogP contribution in [0.15, 0.2) is 35.3 Å². The number of aryl methyl sites for hydroxylation is 1. The molecule has 2 aliphatic rings. The van der Waals surface area contributed by atoms with Crippen molar-refractivity contribution in [1.82, 2.24) is 9.55 Å². The molecule has 6 heteroatoms. The summed E-state index contributed by atoms with van der Waals surface area (Å²) in [5.41, 5.74) is 7.23. The quantitative estimate of drug-likeness (QED) is 0.579. The van der Waals surface area contributed by atoms with E-state index in [-0.39, 0.29) is 18.8 Å². The molecule has 5 rings (SSSR count). The summed E-state index contributed by atoms with van der Waals surface area (Å²) < 4.78 is 12.7. The van der Waals surface area contributed by atoms with Crippen molar-refractivity contribution in [2.24, 2.45) is 0 Å². The lowest BCUT2D eigenvalue weighted by Crippen LogP contribution is -2.26. The zero-order valence-electron chi connectivity index (χ0n) is 16.5. The van der Waals surface area contributed by atoms with Crippen molar-refractivity contribution < 1.29 is 14.6 Å². The third-order valence-corrected chi connectivity index (χ3v) is 5.90. The number of fused-ring (bicyclic) bond motifs is 5. The van der Waals surface area contributed by atoms with E-state index in [0.717, 1.165) is 51.2 Å². The van der Waals surface area contributed by atoms with E-state index in [4.69, 9.17) is 14.5 Å². The number of benzene rings is 1. The SMILES string of the molecule is CCc1c2c(nc3ccc(OC)cc13)-c1cc3c(c(=O)n1C2)COC=C3CCO. The minimum absolute atomic E-state index is 0.00828. The van der Waals surface area contributed by atoms with Gasteiger partial charge in [-0.15, -0.1) is 0 Å². The van der Waals surface area contributed by atoms with Crippen LogP contribution < -0.4 is 10.3 Å². The van der Waals surface area contributed by atoms with Gasteiger partial charge >= 0.3 is 0 Å². The molecule has 0 radical (unpaired) electrons. The molecule has 148 valence electrons. The first-order chi connectivity index (χ1) is 14.2. The number of aromatic nitrogens is 2. The average molecular weight is 390 g/mol. The van der Waals surface area contributed by atoms with E-state index in [1.54, 1.807) is 17.9 Å². The van der Waals surface area contributed by atoms with Crippen LogP contribution in [0, 0.1) is 0 Å². The summed E-state index contributed by atoms with van der Waals surface area (Å²) in [5, 5.41) is 10.5. The summed E-state index contributed by atoms with van der Waals surface area (Å²) in [4.78, 5) is 18.2. The number of aliphatic hydroxyl groups is 1. The molecule has 0 atom stereocenters. The van der Waals surface area contributed by atoms with Gasteiger partial charge < -0.3 is 19.1 Å². The smallest absolute Gasteiger partial charge is 0.258 e. The van der Waals surface area contributed by atoms with Crippen LogP contribution in [0.2, 0.25) is 0 Å². The summed E-state index contributed by atoms with van der Waals surface area (Å²) in [6.07, 6.45) is 2.95. The van der Waals surface area contributed by atoms with Crippen molar-refractivity contribution in [2.45, 2.75) is 32.9 Å². The van der Waals surface area contributed by atoms with Gasteiger partial charge in [0.25, 0.3) is 5.56 Å². The van der Waals surface area contributed by atoms with Gasteiger partial charge in [-0.2, -0.15) is 0 Å². The Morgan fingerprint density at radius 2 is 2.14 bits per heavy atom. The first-order valence-electron chi connectivity index (χ1n) is 9.84. The molecule has 2 aliphatic heterocycles. The molecule has 0 spiro atoms. The monoisotopic (exact) mass is 390 g/mol. The number of nitrogens with zero attached hydrogens (tertiary/aromatic N) is 2. The van der Waals surface area contributed by atoms with Gasteiger partial charge in [-0.1, -0.05) is 6.92 Å². The second-order valence-corrected chi connectivity index (χ2v) is 7.39. The van der Waals surface area contributed by atoms with Crippen LogP contribution in [0.1, 0.15) is 35.6 Å². The van der Waals surface area contributed by atoms with Crippen molar-refractivity contribution >= 4 is 16.5 Å². The van der Waals surface area contributed by atoms with Crippen LogP contribution in [0.25, 0.3) is 27.9 Å².